The zero-order valence-electron chi connectivity index (χ0n) is 13.4. The highest BCUT2D eigenvalue weighted by Gasteiger charge is 2.22. The Bertz CT molecular complexity index is 784. The number of anilines is 1. The maximum atomic E-state index is 12.5. The van der Waals surface area contributed by atoms with E-state index in [-0.39, 0.29) is 22.7 Å². The summed E-state index contributed by atoms with van der Waals surface area (Å²) in [6, 6.07) is 6.62. The molecule has 2 aromatic rings. The first kappa shape index (κ1) is 17.3. The number of nitrogens with one attached hydrogen (secondary N) is 1. The fourth-order valence-electron chi connectivity index (χ4n) is 2.96. The molecule has 1 aromatic heterocycles. The molecule has 1 aromatic carbocycles. The van der Waals surface area contributed by atoms with Gasteiger partial charge < -0.3 is 15.2 Å². The minimum atomic E-state index is -1.09. The maximum absolute atomic E-state index is 12.5. The quantitative estimate of drug-likeness (QED) is 0.820. The molecule has 1 aliphatic carbocycles. The molecule has 0 radical (unpaired) electrons. The molecule has 0 unspecified atom stereocenters. The third kappa shape index (κ3) is 4.11. The van der Waals surface area contributed by atoms with Crippen molar-refractivity contribution in [3.8, 4) is 5.75 Å². The van der Waals surface area contributed by atoms with Crippen molar-refractivity contribution in [3.05, 3.63) is 41.2 Å². The van der Waals surface area contributed by atoms with Crippen LogP contribution in [0.4, 0.5) is 5.69 Å². The summed E-state index contributed by atoms with van der Waals surface area (Å²) in [7, 11) is 0. The number of hydrogen-bond acceptors (Lipinski definition) is 4. The summed E-state index contributed by atoms with van der Waals surface area (Å²) in [6.45, 7) is -0.480. The van der Waals surface area contributed by atoms with E-state index in [4.69, 9.17) is 21.4 Å². The van der Waals surface area contributed by atoms with Gasteiger partial charge in [0.15, 0.2) is 6.61 Å². The van der Waals surface area contributed by atoms with E-state index in [2.05, 4.69) is 10.4 Å². The van der Waals surface area contributed by atoms with Gasteiger partial charge in [-0.15, -0.1) is 0 Å². The standard InChI is InChI=1S/C17H18ClN3O4/c18-13-9-11(5-6-15(13)25-10-16(22)23)20-17(24)14-7-8-19-21(14)12-3-1-2-4-12/h5-9,12H,1-4,10H2,(H,20,24)(H,22,23). The summed E-state index contributed by atoms with van der Waals surface area (Å²) in [5, 5.41) is 15.9. The van der Waals surface area contributed by atoms with Crippen LogP contribution in [-0.4, -0.2) is 33.4 Å². The minimum Gasteiger partial charge on any atom is -0.480 e. The minimum absolute atomic E-state index is 0.225. The van der Waals surface area contributed by atoms with Crippen LogP contribution in [0.3, 0.4) is 0 Å². The Labute approximate surface area is 149 Å². The topological polar surface area (TPSA) is 93.4 Å². The Balaban J connectivity index is 1.70. The highest BCUT2D eigenvalue weighted by molar-refractivity contribution is 6.32. The van der Waals surface area contributed by atoms with Crippen LogP contribution in [0.15, 0.2) is 30.5 Å². The second kappa shape index (κ2) is 7.57. The van der Waals surface area contributed by atoms with E-state index in [1.54, 1.807) is 23.0 Å². The van der Waals surface area contributed by atoms with Gasteiger partial charge in [0.25, 0.3) is 5.91 Å². The number of halogens is 1. The predicted octanol–water partition coefficient (Wildman–Crippen LogP) is 3.37. The van der Waals surface area contributed by atoms with Crippen LogP contribution in [0.1, 0.15) is 42.2 Å². The molecule has 1 saturated carbocycles. The highest BCUT2D eigenvalue weighted by atomic mass is 35.5. The third-order valence-corrected chi connectivity index (χ3v) is 4.41. The summed E-state index contributed by atoms with van der Waals surface area (Å²) >= 11 is 6.07. The number of carbonyl (C=O) groups is 2. The van der Waals surface area contributed by atoms with E-state index in [1.807, 2.05) is 0 Å². The molecule has 3 rings (SSSR count). The van der Waals surface area contributed by atoms with Crippen LogP contribution in [0.5, 0.6) is 5.75 Å². The van der Waals surface area contributed by atoms with Gasteiger partial charge in [-0.25, -0.2) is 4.79 Å². The van der Waals surface area contributed by atoms with Crippen molar-refractivity contribution < 1.29 is 19.4 Å². The highest BCUT2D eigenvalue weighted by Crippen LogP contribution is 2.31. The Morgan fingerprint density at radius 3 is 2.76 bits per heavy atom. The first-order chi connectivity index (χ1) is 12.0. The normalized spacial score (nSPS) is 14.4. The van der Waals surface area contributed by atoms with E-state index in [0.717, 1.165) is 25.7 Å². The summed E-state index contributed by atoms with van der Waals surface area (Å²) in [6.07, 6.45) is 5.99. The molecule has 1 heterocycles. The van der Waals surface area contributed by atoms with Gasteiger partial charge in [-0.2, -0.15) is 5.10 Å². The van der Waals surface area contributed by atoms with Crippen molar-refractivity contribution in [2.45, 2.75) is 31.7 Å². The van der Waals surface area contributed by atoms with Crippen molar-refractivity contribution in [1.29, 1.82) is 0 Å². The Morgan fingerprint density at radius 2 is 2.08 bits per heavy atom. The largest absolute Gasteiger partial charge is 0.480 e. The summed E-state index contributed by atoms with van der Waals surface area (Å²) in [5.41, 5.74) is 1.01. The lowest BCUT2D eigenvalue weighted by atomic mass is 10.2. The zero-order chi connectivity index (χ0) is 17.8. The van der Waals surface area contributed by atoms with Crippen LogP contribution >= 0.6 is 11.6 Å². The van der Waals surface area contributed by atoms with Crippen LogP contribution in [-0.2, 0) is 4.79 Å². The molecule has 7 nitrogen and oxygen atoms in total. The zero-order valence-corrected chi connectivity index (χ0v) is 14.2. The molecule has 1 aliphatic rings. The average Bonchev–Trinajstić information content (AvgIpc) is 3.24. The second-order valence-corrected chi connectivity index (χ2v) is 6.29. The van der Waals surface area contributed by atoms with Gasteiger partial charge in [0, 0.05) is 11.9 Å². The van der Waals surface area contributed by atoms with Crippen LogP contribution in [0.2, 0.25) is 5.02 Å². The van der Waals surface area contributed by atoms with E-state index in [9.17, 15) is 9.59 Å². The Kier molecular flexibility index (Phi) is 5.23. The lowest BCUT2D eigenvalue weighted by Gasteiger charge is -2.14. The van der Waals surface area contributed by atoms with E-state index < -0.39 is 12.6 Å². The Morgan fingerprint density at radius 1 is 1.32 bits per heavy atom. The lowest BCUT2D eigenvalue weighted by Crippen LogP contribution is -2.20. The fourth-order valence-corrected chi connectivity index (χ4v) is 3.20. The molecule has 1 fully saturated rings. The molecule has 0 spiro atoms. The molecule has 0 saturated heterocycles. The summed E-state index contributed by atoms with van der Waals surface area (Å²) < 4.78 is 6.84. The molecule has 0 atom stereocenters. The molecule has 0 bridgehead atoms. The van der Waals surface area contributed by atoms with Gasteiger partial charge in [-0.3, -0.25) is 9.48 Å². The van der Waals surface area contributed by atoms with Gasteiger partial charge >= 0.3 is 5.97 Å². The smallest absolute Gasteiger partial charge is 0.341 e. The number of carbonyl (C=O) groups excluding carboxylic acids is 1. The number of benzene rings is 1. The first-order valence-corrected chi connectivity index (χ1v) is 8.41. The van der Waals surface area contributed by atoms with Crippen molar-refractivity contribution in [2.75, 3.05) is 11.9 Å². The summed E-state index contributed by atoms with van der Waals surface area (Å²) in [4.78, 5) is 23.1. The van der Waals surface area contributed by atoms with E-state index in [1.165, 1.54) is 12.1 Å². The van der Waals surface area contributed by atoms with Gasteiger partial charge in [0.05, 0.1) is 11.1 Å². The van der Waals surface area contributed by atoms with Gasteiger partial charge in [0.2, 0.25) is 0 Å². The number of carboxylic acid groups (broad SMARTS) is 1. The van der Waals surface area contributed by atoms with Gasteiger partial charge in [-0.05, 0) is 37.1 Å². The van der Waals surface area contributed by atoms with Crippen molar-refractivity contribution in [3.63, 3.8) is 0 Å². The molecule has 0 aliphatic heterocycles. The lowest BCUT2D eigenvalue weighted by molar-refractivity contribution is -0.139. The maximum Gasteiger partial charge on any atom is 0.341 e. The molecule has 25 heavy (non-hydrogen) atoms. The number of nitrogens with zero attached hydrogens (tertiary/aromatic N) is 2. The second-order valence-electron chi connectivity index (χ2n) is 5.88. The Hall–Kier alpha value is -2.54. The molecule has 132 valence electrons. The summed E-state index contributed by atoms with van der Waals surface area (Å²) in [5.74, 6) is -1.11. The molecule has 8 heteroatoms. The number of ether oxygens (including phenoxy) is 1. The number of aliphatic carboxylic acids is 1. The molecule has 1 amide bonds. The average molecular weight is 364 g/mol. The molecule has 2 N–H and O–H groups in total. The van der Waals surface area contributed by atoms with E-state index >= 15 is 0 Å². The number of aromatic nitrogens is 2. The van der Waals surface area contributed by atoms with Crippen molar-refractivity contribution in [1.82, 2.24) is 9.78 Å². The number of amides is 1. The number of rotatable bonds is 6. The van der Waals surface area contributed by atoms with Gasteiger partial charge in [-0.1, -0.05) is 24.4 Å². The van der Waals surface area contributed by atoms with Gasteiger partial charge in [0.1, 0.15) is 11.4 Å². The van der Waals surface area contributed by atoms with E-state index in [0.29, 0.717) is 11.4 Å². The van der Waals surface area contributed by atoms with Crippen LogP contribution < -0.4 is 10.1 Å². The number of carboxylic acids is 1. The fraction of sp³-hybridized carbons (Fsp3) is 0.353. The molecular weight excluding hydrogens is 346 g/mol. The SMILES string of the molecule is O=C(O)COc1ccc(NC(=O)c2ccnn2C2CCCC2)cc1Cl. The van der Waals surface area contributed by atoms with Crippen LogP contribution in [0, 0.1) is 0 Å². The number of hydrogen-bond donors (Lipinski definition) is 2. The molecular formula is C17H18ClN3O4. The first-order valence-electron chi connectivity index (χ1n) is 8.03. The third-order valence-electron chi connectivity index (χ3n) is 4.11. The monoisotopic (exact) mass is 363 g/mol. The predicted molar refractivity (Wildman–Crippen MR) is 92.3 cm³/mol. The van der Waals surface area contributed by atoms with Crippen molar-refractivity contribution >= 4 is 29.2 Å². The van der Waals surface area contributed by atoms with Crippen LogP contribution in [0.25, 0.3) is 0 Å². The van der Waals surface area contributed by atoms with Crippen molar-refractivity contribution in [2.24, 2.45) is 0 Å².